The highest BCUT2D eigenvalue weighted by Gasteiger charge is 2.32. The van der Waals surface area contributed by atoms with Crippen molar-refractivity contribution in [2.75, 3.05) is 0 Å². The van der Waals surface area contributed by atoms with Crippen molar-refractivity contribution in [1.29, 1.82) is 0 Å². The van der Waals surface area contributed by atoms with Crippen LogP contribution in [0.25, 0.3) is 107 Å². The number of para-hydroxylation sites is 3. The lowest BCUT2D eigenvalue weighted by molar-refractivity contribution is 0.0681. The van der Waals surface area contributed by atoms with Gasteiger partial charge in [0.2, 0.25) is 11.9 Å². The van der Waals surface area contributed by atoms with Gasteiger partial charge in [-0.25, -0.2) is 29.3 Å². The smallest absolute Gasteiger partial charge is 0.301 e. The normalized spacial score (nSPS) is 13.9. The standard InChI is InChI=1S/C25H24N6O2.2C24H16FN7OS/c32-22-9-4-3-8-21(22)31-25(33)24-23(28-31)19-6-1-2-7-20(19)30(27-24)16-17-10-12-18(13-11-17)29-15-5-14-26-29;1-14-19(8-9-26-23(14)25)32-24(33)22-21(30-32)16-4-2-3-5-20(16)31(29-22)11-15-6-7-17(27-10-15)18-12-34-13-28-18;1-14-19(8-9-21(25)28-14)32-24(33)23-22(30-32)16-4-2-3-5-20(16)31(29-23)11-15-6-7-17(26-10-15)18-12-34-13-27-18/h1-2,5-7,10-15,21-22,32H,3-4,8-9,16H2;2*2-10,12-13H,11H2,1H3/t21?,22-;;/m1../s1. The fourth-order valence-corrected chi connectivity index (χ4v) is 13.8. The zero-order valence-corrected chi connectivity index (χ0v) is 55.5. The molecule has 0 saturated heterocycles. The number of aromatic nitrogens is 20. The number of rotatable bonds is 12. The quantitative estimate of drug-likeness (QED) is 0.111. The summed E-state index contributed by atoms with van der Waals surface area (Å²) in [6.07, 6.45) is 11.4. The minimum absolute atomic E-state index is 0.211. The van der Waals surface area contributed by atoms with Gasteiger partial charge in [-0.3, -0.25) is 38.4 Å². The Kier molecular flexibility index (Phi) is 16.8. The SMILES string of the molecule is Cc1c(-n2nc3c4ccccc4n(Cc4ccc(-c5cscn5)nc4)nc-3c2=O)ccnc1F.Cc1nc(F)ccc1-n1nc2c3ccccc3n(Cc3ccc(-c4cscn4)nc3)nc-2c1=O.O=c1c2nn(Cc3ccc(-n4cccn4)cc3)c3ccccc3c-2nn1C1CCCC[C@H]1O. The minimum Gasteiger partial charge on any atom is -0.391 e. The highest BCUT2D eigenvalue weighted by molar-refractivity contribution is 7.08. The molecule has 1 N–H and O–H groups in total. The lowest BCUT2D eigenvalue weighted by Gasteiger charge is -2.26. The Balaban J connectivity index is 0.000000118. The summed E-state index contributed by atoms with van der Waals surface area (Å²) in [5.41, 5.74) is 16.0. The van der Waals surface area contributed by atoms with Gasteiger partial charge in [-0.2, -0.15) is 53.8 Å². The zero-order chi connectivity index (χ0) is 68.8. The topological polar surface area (TPSA) is 274 Å². The number of fused-ring (bicyclic) bond motifs is 9. The zero-order valence-electron chi connectivity index (χ0n) is 53.8. The summed E-state index contributed by atoms with van der Waals surface area (Å²) in [4.78, 5) is 65.0. The third-order valence-electron chi connectivity index (χ3n) is 17.8. The fourth-order valence-electron chi connectivity index (χ4n) is 12.7. The number of nitrogens with zero attached hydrogens (tertiary/aromatic N) is 20. The van der Waals surface area contributed by atoms with Crippen LogP contribution in [0.2, 0.25) is 0 Å². The van der Waals surface area contributed by atoms with Crippen molar-refractivity contribution in [2.45, 2.75) is 71.3 Å². The van der Waals surface area contributed by atoms with Crippen LogP contribution in [0.3, 0.4) is 0 Å². The van der Waals surface area contributed by atoms with Crippen LogP contribution in [-0.2, 0) is 19.6 Å². The summed E-state index contributed by atoms with van der Waals surface area (Å²) in [5, 5.41) is 48.9. The Bertz CT molecular complexity index is 5930. The van der Waals surface area contributed by atoms with Gasteiger partial charge in [0.25, 0.3) is 5.56 Å². The molecule has 7 aromatic heterocycles. The first kappa shape index (κ1) is 63.3. The number of pyridine rings is 4. The molecule has 1 fully saturated rings. The molecule has 0 spiro atoms. The predicted octanol–water partition coefficient (Wildman–Crippen LogP) is 11.6. The van der Waals surface area contributed by atoms with Crippen molar-refractivity contribution < 1.29 is 13.9 Å². The van der Waals surface area contributed by atoms with Crippen LogP contribution >= 0.6 is 22.7 Å². The number of aryl methyl sites for hydroxylation is 1. The van der Waals surface area contributed by atoms with E-state index in [9.17, 15) is 28.3 Å². The van der Waals surface area contributed by atoms with Crippen molar-refractivity contribution in [3.05, 3.63) is 269 Å². The Hall–Kier alpha value is -12.4. The van der Waals surface area contributed by atoms with Crippen molar-refractivity contribution >= 4 is 55.4 Å². The highest BCUT2D eigenvalue weighted by Crippen LogP contribution is 2.34. The first-order chi connectivity index (χ1) is 49.4. The Morgan fingerprint density at radius 1 is 0.485 bits per heavy atom. The molecule has 18 rings (SSSR count). The average Bonchev–Trinajstić information content (AvgIpc) is 1.63. The number of aliphatic hydroxyl groups excluding tert-OH is 1. The van der Waals surface area contributed by atoms with Crippen LogP contribution in [0, 0.1) is 25.7 Å². The van der Waals surface area contributed by atoms with Crippen molar-refractivity contribution in [3.63, 3.8) is 0 Å². The molecule has 11 aromatic rings. The van der Waals surface area contributed by atoms with Gasteiger partial charge in [-0.15, -0.1) is 22.7 Å². The molecule has 24 nitrogen and oxygen atoms in total. The third kappa shape index (κ3) is 12.2. The molecule has 1 saturated carbocycles. The van der Waals surface area contributed by atoms with E-state index in [0.29, 0.717) is 65.9 Å². The first-order valence-corrected chi connectivity index (χ1v) is 34.1. The van der Waals surface area contributed by atoms with E-state index < -0.39 is 23.6 Å². The maximum absolute atomic E-state index is 14.0. The van der Waals surface area contributed by atoms with Gasteiger partial charge in [0.05, 0.1) is 105 Å². The van der Waals surface area contributed by atoms with E-state index in [-0.39, 0.29) is 34.1 Å². The van der Waals surface area contributed by atoms with Crippen LogP contribution < -0.4 is 16.7 Å². The number of thiazole rings is 2. The molecule has 7 aliphatic rings. The number of hydrogen-bond donors (Lipinski definition) is 1. The van der Waals surface area contributed by atoms with Gasteiger partial charge >= 0.3 is 11.1 Å². The molecule has 101 heavy (non-hydrogen) atoms. The highest BCUT2D eigenvalue weighted by atomic mass is 32.1. The van der Waals surface area contributed by atoms with Gasteiger partial charge in [0.1, 0.15) is 17.1 Å². The largest absolute Gasteiger partial charge is 0.391 e. The maximum atomic E-state index is 14.0. The average molecular weight is 1380 g/mol. The fraction of sp³-hybridized carbons (Fsp3) is 0.151. The molecule has 13 heterocycles. The Labute approximate surface area is 579 Å². The molecule has 0 amide bonds. The molecule has 4 aromatic carbocycles. The molecule has 498 valence electrons. The van der Waals surface area contributed by atoms with Gasteiger partial charge in [0, 0.05) is 63.5 Å². The second kappa shape index (κ2) is 26.8. The molecule has 2 atom stereocenters. The number of halogens is 2. The molecular weight excluding hydrogens is 1320 g/mol. The summed E-state index contributed by atoms with van der Waals surface area (Å²) in [6.45, 7) is 4.55. The van der Waals surface area contributed by atoms with Crippen LogP contribution in [0.4, 0.5) is 8.78 Å². The van der Waals surface area contributed by atoms with E-state index in [1.807, 2.05) is 154 Å². The van der Waals surface area contributed by atoms with Crippen LogP contribution in [0.15, 0.2) is 213 Å². The summed E-state index contributed by atoms with van der Waals surface area (Å²) in [6, 6.07) is 45.0. The summed E-state index contributed by atoms with van der Waals surface area (Å²) < 4.78 is 38.7. The Morgan fingerprint density at radius 3 is 1.50 bits per heavy atom. The monoisotopic (exact) mass is 1380 g/mol. The Morgan fingerprint density at radius 2 is 1.00 bits per heavy atom. The van der Waals surface area contributed by atoms with Gasteiger partial charge in [-0.05, 0) is 110 Å². The van der Waals surface area contributed by atoms with Crippen LogP contribution in [0.1, 0.15) is 59.7 Å². The molecule has 28 heteroatoms. The van der Waals surface area contributed by atoms with E-state index in [1.165, 1.54) is 55.0 Å². The molecule has 0 radical (unpaired) electrons. The minimum atomic E-state index is -0.641. The van der Waals surface area contributed by atoms with Gasteiger partial charge < -0.3 is 5.11 Å². The second-order valence-electron chi connectivity index (χ2n) is 24.2. The van der Waals surface area contributed by atoms with E-state index >= 15 is 0 Å². The third-order valence-corrected chi connectivity index (χ3v) is 19.0. The van der Waals surface area contributed by atoms with Crippen molar-refractivity contribution in [3.8, 4) is 74.0 Å². The van der Waals surface area contributed by atoms with Crippen LogP contribution in [0.5, 0.6) is 0 Å². The van der Waals surface area contributed by atoms with E-state index in [0.717, 1.165) is 97.1 Å². The molecular formula is C73H56F2N20O4S2. The van der Waals surface area contributed by atoms with Gasteiger partial charge in [-0.1, -0.05) is 91.7 Å². The van der Waals surface area contributed by atoms with Crippen LogP contribution in [-0.4, -0.2) is 110 Å². The number of hydrogen-bond acceptors (Lipinski definition) is 19. The molecule has 0 bridgehead atoms. The van der Waals surface area contributed by atoms with E-state index in [4.69, 9.17) is 5.10 Å². The summed E-state index contributed by atoms with van der Waals surface area (Å²) >= 11 is 3.04. The van der Waals surface area contributed by atoms with Gasteiger partial charge in [0.15, 0.2) is 17.1 Å². The number of aliphatic hydroxyl groups is 1. The summed E-state index contributed by atoms with van der Waals surface area (Å²) in [7, 11) is 0. The number of benzene rings is 4. The second-order valence-corrected chi connectivity index (χ2v) is 25.6. The predicted molar refractivity (Wildman–Crippen MR) is 378 cm³/mol. The molecule has 6 aliphatic heterocycles. The molecule has 1 aliphatic carbocycles. The lowest BCUT2D eigenvalue weighted by atomic mass is 9.93. The van der Waals surface area contributed by atoms with E-state index in [2.05, 4.69) is 60.5 Å². The molecule has 1 unspecified atom stereocenters. The maximum Gasteiger partial charge on any atom is 0.301 e. The lowest BCUT2D eigenvalue weighted by Crippen LogP contribution is -2.33. The van der Waals surface area contributed by atoms with Crippen molar-refractivity contribution in [2.24, 2.45) is 0 Å². The van der Waals surface area contributed by atoms with Crippen molar-refractivity contribution in [1.82, 2.24) is 98.4 Å². The summed E-state index contributed by atoms with van der Waals surface area (Å²) in [5.74, 6) is -1.25. The first-order valence-electron chi connectivity index (χ1n) is 32.2. The van der Waals surface area contributed by atoms with E-state index in [1.54, 1.807) is 58.9 Å².